The number of aromatic nitrogens is 2. The normalized spacial score (nSPS) is 11.4. The van der Waals surface area contributed by atoms with E-state index in [1.807, 2.05) is 0 Å². The summed E-state index contributed by atoms with van der Waals surface area (Å²) in [6.07, 6.45) is -0.191. The van der Waals surface area contributed by atoms with Gasteiger partial charge >= 0.3 is 5.97 Å². The fourth-order valence-corrected chi connectivity index (χ4v) is 3.37. The van der Waals surface area contributed by atoms with E-state index in [0.29, 0.717) is 39.3 Å². The largest absolute Gasteiger partial charge is 0.495 e. The number of aliphatic imine (C=N–C) groups is 1. The van der Waals surface area contributed by atoms with Crippen molar-refractivity contribution in [3.8, 4) is 17.2 Å². The van der Waals surface area contributed by atoms with Crippen LogP contribution in [-0.2, 0) is 16.0 Å². The molecule has 10 heteroatoms. The lowest BCUT2D eigenvalue weighted by Gasteiger charge is -2.10. The highest BCUT2D eigenvalue weighted by molar-refractivity contribution is 6.32. The number of nitrogens with zero attached hydrogens (tertiary/aromatic N) is 2. The molecule has 168 valence electrons. The molecule has 0 unspecified atom stereocenters. The standard InChI is InChI=1S/C22H21ClFN3O5/c1-12(25-16-10-18(30-2)15(23)9-19(16)31-3)21-17(11-20(28)32-4)26-27(22(21)29)14-7-5-13(24)6-8-14/h5-10,26H,11H2,1-4H3. The molecule has 0 fully saturated rings. The van der Waals surface area contributed by atoms with E-state index >= 15 is 0 Å². The average molecular weight is 462 g/mol. The van der Waals surface area contributed by atoms with E-state index in [9.17, 15) is 14.0 Å². The maximum atomic E-state index is 13.3. The summed E-state index contributed by atoms with van der Waals surface area (Å²) in [4.78, 5) is 29.7. The van der Waals surface area contributed by atoms with E-state index in [-0.39, 0.29) is 12.0 Å². The summed E-state index contributed by atoms with van der Waals surface area (Å²) in [5.41, 5.74) is 1.10. The fourth-order valence-electron chi connectivity index (χ4n) is 3.14. The molecule has 3 aromatic rings. The first-order chi connectivity index (χ1) is 15.3. The smallest absolute Gasteiger partial charge is 0.311 e. The Balaban J connectivity index is 2.18. The van der Waals surface area contributed by atoms with Crippen molar-refractivity contribution in [3.63, 3.8) is 0 Å². The van der Waals surface area contributed by atoms with Crippen LogP contribution in [0.5, 0.6) is 11.5 Å². The molecule has 0 bridgehead atoms. The van der Waals surface area contributed by atoms with E-state index in [1.165, 1.54) is 50.3 Å². The van der Waals surface area contributed by atoms with Crippen LogP contribution in [0.3, 0.4) is 0 Å². The molecule has 0 spiro atoms. The van der Waals surface area contributed by atoms with Crippen LogP contribution in [0.4, 0.5) is 10.1 Å². The second-order valence-corrected chi connectivity index (χ2v) is 7.10. The second kappa shape index (κ2) is 9.69. The van der Waals surface area contributed by atoms with Gasteiger partial charge in [-0.2, -0.15) is 0 Å². The third-order valence-electron chi connectivity index (χ3n) is 4.70. The molecule has 1 aromatic heterocycles. The van der Waals surface area contributed by atoms with Gasteiger partial charge in [0.1, 0.15) is 23.0 Å². The van der Waals surface area contributed by atoms with Crippen molar-refractivity contribution in [1.29, 1.82) is 0 Å². The quantitative estimate of drug-likeness (QED) is 0.426. The zero-order valence-electron chi connectivity index (χ0n) is 17.9. The Bertz CT molecular complexity index is 1230. The molecule has 0 amide bonds. The fraction of sp³-hybridized carbons (Fsp3) is 0.227. The minimum Gasteiger partial charge on any atom is -0.495 e. The maximum Gasteiger partial charge on any atom is 0.311 e. The predicted molar refractivity (Wildman–Crippen MR) is 118 cm³/mol. The van der Waals surface area contributed by atoms with Crippen molar-refractivity contribution in [1.82, 2.24) is 9.78 Å². The zero-order valence-corrected chi connectivity index (χ0v) is 18.6. The van der Waals surface area contributed by atoms with Gasteiger partial charge in [0.2, 0.25) is 0 Å². The first kappa shape index (κ1) is 23.1. The topological polar surface area (TPSA) is 94.9 Å². The Hall–Kier alpha value is -3.59. The SMILES string of the molecule is COC(=O)Cc1[nH]n(-c2ccc(F)cc2)c(=O)c1C(C)=Nc1cc(OC)c(Cl)cc1OC. The molecule has 2 aromatic carbocycles. The van der Waals surface area contributed by atoms with Gasteiger partial charge in [-0.05, 0) is 31.2 Å². The van der Waals surface area contributed by atoms with Crippen molar-refractivity contribution in [2.45, 2.75) is 13.3 Å². The molecule has 0 saturated carbocycles. The van der Waals surface area contributed by atoms with Crippen molar-refractivity contribution in [2.24, 2.45) is 4.99 Å². The van der Waals surface area contributed by atoms with Gasteiger partial charge in [-0.15, -0.1) is 0 Å². The summed E-state index contributed by atoms with van der Waals surface area (Å²) in [5, 5.41) is 3.24. The van der Waals surface area contributed by atoms with Gasteiger partial charge in [-0.1, -0.05) is 11.6 Å². The Morgan fingerprint density at radius 3 is 2.38 bits per heavy atom. The summed E-state index contributed by atoms with van der Waals surface area (Å²) in [5.74, 6) is -0.229. The monoisotopic (exact) mass is 461 g/mol. The predicted octanol–water partition coefficient (Wildman–Crippen LogP) is 3.83. The Kier molecular flexibility index (Phi) is 6.99. The van der Waals surface area contributed by atoms with Gasteiger partial charge in [0.15, 0.2) is 0 Å². The highest BCUT2D eigenvalue weighted by atomic mass is 35.5. The first-order valence-electron chi connectivity index (χ1n) is 9.42. The van der Waals surface area contributed by atoms with E-state index < -0.39 is 17.3 Å². The lowest BCUT2D eigenvalue weighted by molar-refractivity contribution is -0.139. The highest BCUT2D eigenvalue weighted by Gasteiger charge is 2.21. The summed E-state index contributed by atoms with van der Waals surface area (Å²) in [7, 11) is 4.19. The van der Waals surface area contributed by atoms with Crippen molar-refractivity contribution in [3.05, 3.63) is 68.8 Å². The number of methoxy groups -OCH3 is 3. The van der Waals surface area contributed by atoms with Crippen molar-refractivity contribution >= 4 is 29.0 Å². The van der Waals surface area contributed by atoms with Gasteiger partial charge in [0, 0.05) is 12.1 Å². The lowest BCUT2D eigenvalue weighted by atomic mass is 10.1. The number of hydrogen-bond acceptors (Lipinski definition) is 6. The molecule has 3 rings (SSSR count). The molecular formula is C22H21ClFN3O5. The Labute approximate surface area is 188 Å². The highest BCUT2D eigenvalue weighted by Crippen LogP contribution is 2.38. The molecule has 0 aliphatic carbocycles. The number of carbonyl (C=O) groups is 1. The molecule has 0 aliphatic heterocycles. The van der Waals surface area contributed by atoms with Gasteiger partial charge in [-0.3, -0.25) is 14.7 Å². The third kappa shape index (κ3) is 4.67. The van der Waals surface area contributed by atoms with Crippen LogP contribution in [0.1, 0.15) is 18.2 Å². The van der Waals surface area contributed by atoms with Crippen LogP contribution in [-0.4, -0.2) is 42.8 Å². The number of nitrogens with one attached hydrogen (secondary N) is 1. The number of halogens is 2. The summed E-state index contributed by atoms with van der Waals surface area (Å²) < 4.78 is 29.9. The molecule has 32 heavy (non-hydrogen) atoms. The molecule has 1 N–H and O–H groups in total. The number of ether oxygens (including phenoxy) is 3. The number of H-pyrrole nitrogens is 1. The molecule has 1 heterocycles. The lowest BCUT2D eigenvalue weighted by Crippen LogP contribution is -2.20. The minimum absolute atomic E-state index is 0.177. The van der Waals surface area contributed by atoms with E-state index in [4.69, 9.17) is 25.8 Å². The summed E-state index contributed by atoms with van der Waals surface area (Å²) in [6.45, 7) is 1.63. The first-order valence-corrected chi connectivity index (χ1v) is 9.80. The van der Waals surface area contributed by atoms with Crippen molar-refractivity contribution in [2.75, 3.05) is 21.3 Å². The molecule has 0 aliphatic rings. The van der Waals surface area contributed by atoms with Gasteiger partial charge in [0.05, 0.1) is 55.4 Å². The van der Waals surface area contributed by atoms with Crippen LogP contribution < -0.4 is 15.0 Å². The van der Waals surface area contributed by atoms with Crippen LogP contribution in [0, 0.1) is 5.82 Å². The molecule has 0 saturated heterocycles. The zero-order chi connectivity index (χ0) is 23.4. The van der Waals surface area contributed by atoms with Crippen molar-refractivity contribution < 1.29 is 23.4 Å². The van der Waals surface area contributed by atoms with Crippen LogP contribution in [0.25, 0.3) is 5.69 Å². The van der Waals surface area contributed by atoms with Gasteiger partial charge < -0.3 is 14.2 Å². The maximum absolute atomic E-state index is 13.3. The number of benzene rings is 2. The average Bonchev–Trinajstić information content (AvgIpc) is 3.10. The minimum atomic E-state index is -0.544. The molecule has 8 nitrogen and oxygen atoms in total. The Morgan fingerprint density at radius 1 is 1.12 bits per heavy atom. The second-order valence-electron chi connectivity index (χ2n) is 6.69. The summed E-state index contributed by atoms with van der Waals surface area (Å²) in [6, 6.07) is 8.48. The van der Waals surface area contributed by atoms with Crippen LogP contribution in [0.15, 0.2) is 46.2 Å². The molecular weight excluding hydrogens is 441 g/mol. The number of aromatic amines is 1. The van der Waals surface area contributed by atoms with E-state index in [1.54, 1.807) is 19.1 Å². The Morgan fingerprint density at radius 2 is 1.78 bits per heavy atom. The number of esters is 1. The number of hydrogen-bond donors (Lipinski definition) is 1. The summed E-state index contributed by atoms with van der Waals surface area (Å²) >= 11 is 6.15. The van der Waals surface area contributed by atoms with Gasteiger partial charge in [0.25, 0.3) is 5.56 Å². The van der Waals surface area contributed by atoms with Gasteiger partial charge in [-0.25, -0.2) is 14.1 Å². The third-order valence-corrected chi connectivity index (χ3v) is 5.00. The molecule has 0 atom stereocenters. The molecule has 0 radical (unpaired) electrons. The number of carbonyl (C=O) groups excluding carboxylic acids is 1. The van der Waals surface area contributed by atoms with Crippen LogP contribution >= 0.6 is 11.6 Å². The number of rotatable bonds is 7. The van der Waals surface area contributed by atoms with Crippen LogP contribution in [0.2, 0.25) is 5.02 Å². The van der Waals surface area contributed by atoms with E-state index in [2.05, 4.69) is 10.1 Å². The van der Waals surface area contributed by atoms with E-state index in [0.717, 1.165) is 0 Å².